The zero-order valence-corrected chi connectivity index (χ0v) is 9.29. The Bertz CT molecular complexity index is 81.1. The largest absolute Gasteiger partial charge is 0.330 e. The topological polar surface area (TPSA) is 29.3 Å². The van der Waals surface area contributed by atoms with Gasteiger partial charge in [-0.15, -0.1) is 24.8 Å². The maximum Gasteiger partial charge on any atom is -0.00157 e. The number of hydrogen-bond donors (Lipinski definition) is 1. The lowest BCUT2D eigenvalue weighted by atomic mass is 9.97. The monoisotopic (exact) mass is 214 g/mol. The summed E-state index contributed by atoms with van der Waals surface area (Å²) in [6.45, 7) is 6.84. The molecule has 0 aromatic carbocycles. The molecule has 2 N–H and O–H groups in total. The highest BCUT2D eigenvalue weighted by Crippen LogP contribution is 2.14. The molecule has 0 unspecified atom stereocenters. The summed E-state index contributed by atoms with van der Waals surface area (Å²) in [7, 11) is 0. The molecule has 0 bridgehead atoms. The van der Waals surface area contributed by atoms with Crippen molar-refractivity contribution < 1.29 is 0 Å². The molecule has 0 aromatic rings. The summed E-state index contributed by atoms with van der Waals surface area (Å²) in [5.74, 6) is 0.808. The minimum absolute atomic E-state index is 0. The van der Waals surface area contributed by atoms with Crippen LogP contribution >= 0.6 is 24.8 Å². The number of rotatable bonds is 2. The first-order valence-electron chi connectivity index (χ1n) is 4.29. The van der Waals surface area contributed by atoms with Gasteiger partial charge >= 0.3 is 0 Å². The summed E-state index contributed by atoms with van der Waals surface area (Å²) >= 11 is 0. The van der Waals surface area contributed by atoms with Crippen molar-refractivity contribution >= 4 is 24.8 Å². The van der Waals surface area contributed by atoms with E-state index in [2.05, 4.69) is 11.8 Å². The van der Waals surface area contributed by atoms with E-state index in [0.717, 1.165) is 12.5 Å². The summed E-state index contributed by atoms with van der Waals surface area (Å²) in [4.78, 5) is 2.49. The minimum atomic E-state index is 0. The average Bonchev–Trinajstić information content (AvgIpc) is 2.05. The van der Waals surface area contributed by atoms with Crippen LogP contribution in [0.25, 0.3) is 0 Å². The Labute approximate surface area is 87.7 Å². The number of likely N-dealkylation sites (tertiary alicyclic amines) is 1. The Morgan fingerprint density at radius 2 is 1.75 bits per heavy atom. The van der Waals surface area contributed by atoms with E-state index in [-0.39, 0.29) is 24.8 Å². The number of nitrogens with zero attached hydrogens (tertiary/aromatic N) is 1. The van der Waals surface area contributed by atoms with Crippen LogP contribution in [0.2, 0.25) is 0 Å². The SMILES string of the molecule is CCN1CCC(CN)CC1.Cl.Cl. The van der Waals surface area contributed by atoms with Gasteiger partial charge in [-0.2, -0.15) is 0 Å². The zero-order chi connectivity index (χ0) is 7.40. The molecule has 0 saturated carbocycles. The average molecular weight is 215 g/mol. The number of halogens is 2. The van der Waals surface area contributed by atoms with E-state index in [1.54, 1.807) is 0 Å². The minimum Gasteiger partial charge on any atom is -0.330 e. The van der Waals surface area contributed by atoms with E-state index in [1.165, 1.54) is 32.5 Å². The number of hydrogen-bond acceptors (Lipinski definition) is 2. The smallest absolute Gasteiger partial charge is 0.00157 e. The summed E-state index contributed by atoms with van der Waals surface area (Å²) in [6, 6.07) is 0. The zero-order valence-electron chi connectivity index (χ0n) is 7.66. The van der Waals surface area contributed by atoms with Gasteiger partial charge in [0, 0.05) is 0 Å². The lowest BCUT2D eigenvalue weighted by molar-refractivity contribution is 0.196. The van der Waals surface area contributed by atoms with Gasteiger partial charge in [-0.1, -0.05) is 6.92 Å². The highest BCUT2D eigenvalue weighted by atomic mass is 35.5. The third kappa shape index (κ3) is 4.51. The molecule has 12 heavy (non-hydrogen) atoms. The first kappa shape index (κ1) is 15.0. The van der Waals surface area contributed by atoms with Crippen LogP contribution in [0.15, 0.2) is 0 Å². The van der Waals surface area contributed by atoms with Crippen LogP contribution in [0.5, 0.6) is 0 Å². The molecule has 0 atom stereocenters. The second-order valence-corrected chi connectivity index (χ2v) is 3.11. The fourth-order valence-corrected chi connectivity index (χ4v) is 1.54. The molecule has 1 aliphatic rings. The summed E-state index contributed by atoms with van der Waals surface area (Å²) in [5, 5.41) is 0. The van der Waals surface area contributed by atoms with Crippen LogP contribution < -0.4 is 5.73 Å². The molecule has 76 valence electrons. The van der Waals surface area contributed by atoms with Crippen LogP contribution in [0.1, 0.15) is 19.8 Å². The number of nitrogens with two attached hydrogens (primary N) is 1. The fourth-order valence-electron chi connectivity index (χ4n) is 1.54. The molecule has 1 saturated heterocycles. The van der Waals surface area contributed by atoms with Gasteiger partial charge in [0.15, 0.2) is 0 Å². The maximum atomic E-state index is 5.57. The first-order valence-corrected chi connectivity index (χ1v) is 4.29. The van der Waals surface area contributed by atoms with Crippen molar-refractivity contribution in [3.8, 4) is 0 Å². The van der Waals surface area contributed by atoms with Crippen LogP contribution in [0, 0.1) is 5.92 Å². The van der Waals surface area contributed by atoms with Gasteiger partial charge in [-0.05, 0) is 44.9 Å². The molecule has 1 heterocycles. The van der Waals surface area contributed by atoms with E-state index in [4.69, 9.17) is 5.73 Å². The van der Waals surface area contributed by atoms with Crippen molar-refractivity contribution in [2.24, 2.45) is 11.7 Å². The van der Waals surface area contributed by atoms with Crippen molar-refractivity contribution in [1.29, 1.82) is 0 Å². The molecule has 4 heteroatoms. The van der Waals surface area contributed by atoms with Crippen LogP contribution in [-0.2, 0) is 0 Å². The predicted molar refractivity (Wildman–Crippen MR) is 58.4 cm³/mol. The van der Waals surface area contributed by atoms with E-state index in [0.29, 0.717) is 0 Å². The van der Waals surface area contributed by atoms with E-state index >= 15 is 0 Å². The predicted octanol–water partition coefficient (Wildman–Crippen LogP) is 1.52. The number of piperidine rings is 1. The Morgan fingerprint density at radius 1 is 1.25 bits per heavy atom. The van der Waals surface area contributed by atoms with Crippen molar-refractivity contribution in [3.05, 3.63) is 0 Å². The quantitative estimate of drug-likeness (QED) is 0.756. The Hall–Kier alpha value is 0.500. The molecular formula is C8H20Cl2N2. The van der Waals surface area contributed by atoms with E-state index in [9.17, 15) is 0 Å². The lowest BCUT2D eigenvalue weighted by Crippen LogP contribution is -2.35. The van der Waals surface area contributed by atoms with Gasteiger partial charge in [0.05, 0.1) is 0 Å². The van der Waals surface area contributed by atoms with Crippen LogP contribution in [0.3, 0.4) is 0 Å². The molecule has 1 aliphatic heterocycles. The second kappa shape index (κ2) is 8.11. The molecular weight excluding hydrogens is 195 g/mol. The molecule has 1 fully saturated rings. The molecule has 0 spiro atoms. The van der Waals surface area contributed by atoms with E-state index < -0.39 is 0 Å². The maximum absolute atomic E-state index is 5.57. The third-order valence-electron chi connectivity index (χ3n) is 2.49. The van der Waals surface area contributed by atoms with Crippen molar-refractivity contribution in [1.82, 2.24) is 4.90 Å². The summed E-state index contributed by atoms with van der Waals surface area (Å²) in [6.07, 6.45) is 2.62. The van der Waals surface area contributed by atoms with Gasteiger partial charge < -0.3 is 10.6 Å². The first-order chi connectivity index (χ1) is 4.86. The third-order valence-corrected chi connectivity index (χ3v) is 2.49. The molecule has 2 nitrogen and oxygen atoms in total. The molecule has 1 rings (SSSR count). The Morgan fingerprint density at radius 3 is 2.08 bits per heavy atom. The molecule has 0 aromatic heterocycles. The lowest BCUT2D eigenvalue weighted by Gasteiger charge is -2.30. The van der Waals surface area contributed by atoms with Gasteiger partial charge in [0.1, 0.15) is 0 Å². The van der Waals surface area contributed by atoms with Crippen LogP contribution in [-0.4, -0.2) is 31.1 Å². The Balaban J connectivity index is 0. The second-order valence-electron chi connectivity index (χ2n) is 3.11. The van der Waals surface area contributed by atoms with Crippen molar-refractivity contribution in [2.45, 2.75) is 19.8 Å². The Kier molecular flexibility index (Phi) is 10.1. The van der Waals surface area contributed by atoms with Gasteiger partial charge in [0.2, 0.25) is 0 Å². The van der Waals surface area contributed by atoms with Gasteiger partial charge in [-0.25, -0.2) is 0 Å². The standard InChI is InChI=1S/C8H18N2.2ClH/c1-2-10-5-3-8(7-9)4-6-10;;/h8H,2-7,9H2,1H3;2*1H. The van der Waals surface area contributed by atoms with Crippen molar-refractivity contribution in [3.63, 3.8) is 0 Å². The van der Waals surface area contributed by atoms with Crippen molar-refractivity contribution in [2.75, 3.05) is 26.2 Å². The molecule has 0 radical (unpaired) electrons. The van der Waals surface area contributed by atoms with Crippen LogP contribution in [0.4, 0.5) is 0 Å². The fraction of sp³-hybridized carbons (Fsp3) is 1.00. The molecule has 0 aliphatic carbocycles. The summed E-state index contributed by atoms with van der Waals surface area (Å²) < 4.78 is 0. The molecule has 0 amide bonds. The van der Waals surface area contributed by atoms with E-state index in [1.807, 2.05) is 0 Å². The summed E-state index contributed by atoms with van der Waals surface area (Å²) in [5.41, 5.74) is 5.57. The van der Waals surface area contributed by atoms with Gasteiger partial charge in [0.25, 0.3) is 0 Å². The normalized spacial score (nSPS) is 19.5. The highest BCUT2D eigenvalue weighted by Gasteiger charge is 2.15. The van der Waals surface area contributed by atoms with Gasteiger partial charge in [-0.3, -0.25) is 0 Å². The highest BCUT2D eigenvalue weighted by molar-refractivity contribution is 5.85.